The smallest absolute Gasteiger partial charge is 0.132 e. The SMILES string of the molecule is C=C(CCC1=CCCC=C1)C(C(=C)N(Cc1cncnc1)c1ccccn1)c1cccc(OC)c1. The van der Waals surface area contributed by atoms with Crippen LogP contribution in [0.5, 0.6) is 5.75 Å². The highest BCUT2D eigenvalue weighted by Gasteiger charge is 2.25. The molecule has 0 amide bonds. The van der Waals surface area contributed by atoms with Crippen LogP contribution in [0.3, 0.4) is 0 Å². The minimum absolute atomic E-state index is 0.107. The fraction of sp³-hybridized carbons (Fsp3) is 0.233. The predicted molar refractivity (Wildman–Crippen MR) is 142 cm³/mol. The van der Waals surface area contributed by atoms with E-state index in [9.17, 15) is 0 Å². The van der Waals surface area contributed by atoms with Crippen molar-refractivity contribution in [2.45, 2.75) is 38.1 Å². The van der Waals surface area contributed by atoms with Gasteiger partial charge in [0.2, 0.25) is 0 Å². The molecule has 35 heavy (non-hydrogen) atoms. The molecule has 0 N–H and O–H groups in total. The molecule has 178 valence electrons. The van der Waals surface area contributed by atoms with Gasteiger partial charge in [0.05, 0.1) is 13.7 Å². The van der Waals surface area contributed by atoms with Gasteiger partial charge < -0.3 is 9.64 Å². The lowest BCUT2D eigenvalue weighted by atomic mass is 9.85. The molecule has 0 saturated carbocycles. The molecule has 5 nitrogen and oxygen atoms in total. The van der Waals surface area contributed by atoms with Crippen LogP contribution >= 0.6 is 0 Å². The molecule has 3 aromatic rings. The molecule has 1 aliphatic rings. The van der Waals surface area contributed by atoms with E-state index in [-0.39, 0.29) is 5.92 Å². The first-order valence-corrected chi connectivity index (χ1v) is 11.9. The van der Waals surface area contributed by atoms with E-state index in [2.05, 4.69) is 63.4 Å². The van der Waals surface area contributed by atoms with Crippen molar-refractivity contribution >= 4 is 5.82 Å². The maximum atomic E-state index is 5.54. The Kier molecular flexibility index (Phi) is 8.23. The van der Waals surface area contributed by atoms with Crippen molar-refractivity contribution in [3.63, 3.8) is 0 Å². The van der Waals surface area contributed by atoms with Crippen LogP contribution < -0.4 is 9.64 Å². The van der Waals surface area contributed by atoms with E-state index in [1.54, 1.807) is 19.6 Å². The summed E-state index contributed by atoms with van der Waals surface area (Å²) in [5.41, 5.74) is 5.45. The van der Waals surface area contributed by atoms with E-state index in [0.29, 0.717) is 6.54 Å². The number of benzene rings is 1. The van der Waals surface area contributed by atoms with Crippen LogP contribution in [0.2, 0.25) is 0 Å². The first-order valence-electron chi connectivity index (χ1n) is 11.9. The van der Waals surface area contributed by atoms with E-state index < -0.39 is 0 Å². The average molecular weight is 465 g/mol. The van der Waals surface area contributed by atoms with Gasteiger partial charge in [0.25, 0.3) is 0 Å². The molecule has 1 aromatic carbocycles. The van der Waals surface area contributed by atoms with Crippen LogP contribution in [-0.2, 0) is 6.54 Å². The molecule has 2 aromatic heterocycles. The molecule has 4 rings (SSSR count). The van der Waals surface area contributed by atoms with Crippen LogP contribution in [0.4, 0.5) is 5.82 Å². The number of rotatable bonds is 11. The van der Waals surface area contributed by atoms with Crippen molar-refractivity contribution < 1.29 is 4.74 Å². The minimum Gasteiger partial charge on any atom is -0.497 e. The van der Waals surface area contributed by atoms with Crippen LogP contribution in [0.25, 0.3) is 0 Å². The summed E-state index contributed by atoms with van der Waals surface area (Å²) >= 11 is 0. The van der Waals surface area contributed by atoms with Gasteiger partial charge in [0, 0.05) is 35.8 Å². The van der Waals surface area contributed by atoms with E-state index >= 15 is 0 Å². The Bertz CT molecular complexity index is 1200. The number of nitrogens with zero attached hydrogens (tertiary/aromatic N) is 4. The van der Waals surface area contributed by atoms with Crippen LogP contribution in [0.1, 0.15) is 42.7 Å². The van der Waals surface area contributed by atoms with Crippen molar-refractivity contribution in [3.05, 3.63) is 127 Å². The van der Waals surface area contributed by atoms with Crippen molar-refractivity contribution in [1.82, 2.24) is 15.0 Å². The number of methoxy groups -OCH3 is 1. The zero-order valence-electron chi connectivity index (χ0n) is 20.3. The maximum Gasteiger partial charge on any atom is 0.132 e. The Morgan fingerprint density at radius 1 is 1.09 bits per heavy atom. The number of anilines is 1. The molecule has 0 aliphatic heterocycles. The summed E-state index contributed by atoms with van der Waals surface area (Å²) in [5.74, 6) is 1.52. The Balaban J connectivity index is 1.68. The Hall–Kier alpha value is -3.99. The summed E-state index contributed by atoms with van der Waals surface area (Å²) in [6.07, 6.45) is 17.9. The van der Waals surface area contributed by atoms with Gasteiger partial charge >= 0.3 is 0 Å². The van der Waals surface area contributed by atoms with Crippen LogP contribution in [0.15, 0.2) is 116 Å². The van der Waals surface area contributed by atoms with Gasteiger partial charge in [0.1, 0.15) is 17.9 Å². The monoisotopic (exact) mass is 464 g/mol. The molecule has 1 aliphatic carbocycles. The molecule has 0 spiro atoms. The molecular formula is C30H32N4O. The summed E-state index contributed by atoms with van der Waals surface area (Å²) in [7, 11) is 1.69. The molecule has 0 saturated heterocycles. The fourth-order valence-corrected chi connectivity index (χ4v) is 4.38. The van der Waals surface area contributed by atoms with Gasteiger partial charge in [-0.2, -0.15) is 0 Å². The Labute approximate surface area is 208 Å². The third kappa shape index (κ3) is 6.33. The summed E-state index contributed by atoms with van der Waals surface area (Å²) in [6.45, 7) is 9.70. The average Bonchev–Trinajstić information content (AvgIpc) is 2.92. The second-order valence-corrected chi connectivity index (χ2v) is 8.64. The summed E-state index contributed by atoms with van der Waals surface area (Å²) in [4.78, 5) is 15.2. The molecular weight excluding hydrogens is 432 g/mol. The lowest BCUT2D eigenvalue weighted by molar-refractivity contribution is 0.414. The van der Waals surface area contributed by atoms with Crippen LogP contribution in [-0.4, -0.2) is 22.1 Å². The second kappa shape index (κ2) is 11.9. The summed E-state index contributed by atoms with van der Waals surface area (Å²) < 4.78 is 5.54. The predicted octanol–water partition coefficient (Wildman–Crippen LogP) is 6.80. The quantitative estimate of drug-likeness (QED) is 0.292. The van der Waals surface area contributed by atoms with E-state index in [1.807, 2.05) is 42.7 Å². The van der Waals surface area contributed by atoms with E-state index in [4.69, 9.17) is 4.74 Å². The fourth-order valence-electron chi connectivity index (χ4n) is 4.38. The topological polar surface area (TPSA) is 51.1 Å². The van der Waals surface area contributed by atoms with Gasteiger partial charge in [-0.1, -0.05) is 60.7 Å². The first-order chi connectivity index (χ1) is 17.2. The van der Waals surface area contributed by atoms with Crippen LogP contribution in [0, 0.1) is 0 Å². The van der Waals surface area contributed by atoms with Gasteiger partial charge in [0.15, 0.2) is 0 Å². The highest BCUT2D eigenvalue weighted by atomic mass is 16.5. The van der Waals surface area contributed by atoms with Gasteiger partial charge in [-0.25, -0.2) is 15.0 Å². The number of allylic oxidation sites excluding steroid dienone is 5. The highest BCUT2D eigenvalue weighted by Crippen LogP contribution is 2.38. The molecule has 1 unspecified atom stereocenters. The number of hydrogen-bond acceptors (Lipinski definition) is 5. The third-order valence-corrected chi connectivity index (χ3v) is 6.20. The van der Waals surface area contributed by atoms with Crippen molar-refractivity contribution in [1.29, 1.82) is 0 Å². The van der Waals surface area contributed by atoms with Gasteiger partial charge in [-0.3, -0.25) is 0 Å². The second-order valence-electron chi connectivity index (χ2n) is 8.64. The van der Waals surface area contributed by atoms with Gasteiger partial charge in [-0.05, 0) is 55.5 Å². The third-order valence-electron chi connectivity index (χ3n) is 6.20. The normalized spacial score (nSPS) is 13.6. The molecule has 0 bridgehead atoms. The number of hydrogen-bond donors (Lipinski definition) is 0. The van der Waals surface area contributed by atoms with E-state index in [1.165, 1.54) is 5.57 Å². The highest BCUT2D eigenvalue weighted by molar-refractivity contribution is 5.52. The lowest BCUT2D eigenvalue weighted by Crippen LogP contribution is -2.27. The van der Waals surface area contributed by atoms with Crippen molar-refractivity contribution in [3.8, 4) is 5.75 Å². The zero-order chi connectivity index (χ0) is 24.5. The first kappa shape index (κ1) is 24.1. The van der Waals surface area contributed by atoms with E-state index in [0.717, 1.165) is 59.6 Å². The van der Waals surface area contributed by atoms with Crippen molar-refractivity contribution in [2.24, 2.45) is 0 Å². The molecule has 0 radical (unpaired) electrons. The Morgan fingerprint density at radius 3 is 2.66 bits per heavy atom. The summed E-state index contributed by atoms with van der Waals surface area (Å²) in [6, 6.07) is 14.1. The summed E-state index contributed by atoms with van der Waals surface area (Å²) in [5, 5.41) is 0. The molecule has 5 heteroatoms. The lowest BCUT2D eigenvalue weighted by Gasteiger charge is -2.33. The Morgan fingerprint density at radius 2 is 1.94 bits per heavy atom. The standard InChI is InChI=1S/C30H32N4O/c1-23(15-16-25-10-5-4-6-11-25)30(27-12-9-13-28(18-27)35-3)24(2)34(29-14-7-8-17-33-29)21-26-19-31-22-32-20-26/h5,7-14,17-20,22,30H,1-2,4,6,15-16,21H2,3H3. The molecule has 2 heterocycles. The minimum atomic E-state index is -0.107. The van der Waals surface area contributed by atoms with Gasteiger partial charge in [-0.15, -0.1) is 0 Å². The number of ether oxygens (including phenoxy) is 1. The maximum absolute atomic E-state index is 5.54. The zero-order valence-corrected chi connectivity index (χ0v) is 20.3. The largest absolute Gasteiger partial charge is 0.497 e. The van der Waals surface area contributed by atoms with Crippen molar-refractivity contribution in [2.75, 3.05) is 12.0 Å². The number of pyridine rings is 1. The number of aromatic nitrogens is 3. The molecule has 0 fully saturated rings. The molecule has 1 atom stereocenters.